The van der Waals surface area contributed by atoms with Gasteiger partial charge in [0.05, 0.1) is 5.69 Å². The van der Waals surface area contributed by atoms with Crippen molar-refractivity contribution in [3.05, 3.63) is 28.2 Å². The fraction of sp³-hybridized carbons (Fsp3) is 0.429. The average Bonchev–Trinajstić information content (AvgIpc) is 2.72. The standard InChI is InChI=1S/C14H14BrNO2/c1-8-4-11(15)7-12(5-8)16-13(17)9-2-3-10(6-9)14(16)18/h4-5,7,9-10H,2-3,6H2,1H3. The molecular formula is C14H14BrNO2. The van der Waals surface area contributed by atoms with Crippen molar-refractivity contribution in [2.45, 2.75) is 26.2 Å². The predicted molar refractivity (Wildman–Crippen MR) is 72.2 cm³/mol. The second kappa shape index (κ2) is 4.19. The zero-order valence-corrected chi connectivity index (χ0v) is 11.7. The van der Waals surface area contributed by atoms with Crippen molar-refractivity contribution in [1.29, 1.82) is 0 Å². The molecule has 2 fully saturated rings. The lowest BCUT2D eigenvalue weighted by atomic mass is 9.96. The van der Waals surface area contributed by atoms with Gasteiger partial charge >= 0.3 is 0 Å². The van der Waals surface area contributed by atoms with Crippen molar-refractivity contribution in [2.24, 2.45) is 11.8 Å². The number of piperidine rings is 1. The highest BCUT2D eigenvalue weighted by Gasteiger charge is 2.45. The lowest BCUT2D eigenvalue weighted by molar-refractivity contribution is -0.132. The Balaban J connectivity index is 2.04. The summed E-state index contributed by atoms with van der Waals surface area (Å²) in [5.74, 6) is 0.0523. The van der Waals surface area contributed by atoms with Gasteiger partial charge in [0.15, 0.2) is 0 Å². The molecule has 2 aliphatic rings. The van der Waals surface area contributed by atoms with Crippen LogP contribution in [0.3, 0.4) is 0 Å². The molecule has 2 unspecified atom stereocenters. The third-order valence-corrected chi connectivity index (χ3v) is 4.31. The summed E-state index contributed by atoms with van der Waals surface area (Å²) in [7, 11) is 0. The molecule has 1 aromatic carbocycles. The van der Waals surface area contributed by atoms with Crippen molar-refractivity contribution in [3.63, 3.8) is 0 Å². The molecule has 1 heterocycles. The Labute approximate surface area is 114 Å². The van der Waals surface area contributed by atoms with Gasteiger partial charge in [-0.2, -0.15) is 0 Å². The van der Waals surface area contributed by atoms with Crippen LogP contribution < -0.4 is 4.90 Å². The minimum Gasteiger partial charge on any atom is -0.274 e. The van der Waals surface area contributed by atoms with E-state index >= 15 is 0 Å². The number of aryl methyl sites for hydroxylation is 1. The summed E-state index contributed by atoms with van der Waals surface area (Å²) >= 11 is 3.42. The second-order valence-corrected chi connectivity index (χ2v) is 6.12. The van der Waals surface area contributed by atoms with E-state index < -0.39 is 0 Å². The zero-order chi connectivity index (χ0) is 12.9. The molecule has 1 aliphatic heterocycles. The monoisotopic (exact) mass is 307 g/mol. The Morgan fingerprint density at radius 2 is 1.72 bits per heavy atom. The van der Waals surface area contributed by atoms with E-state index in [1.165, 1.54) is 4.90 Å². The third kappa shape index (κ3) is 1.79. The molecule has 18 heavy (non-hydrogen) atoms. The van der Waals surface area contributed by atoms with Crippen LogP contribution in [-0.4, -0.2) is 11.8 Å². The Hall–Kier alpha value is -1.16. The summed E-state index contributed by atoms with van der Waals surface area (Å²) in [5, 5.41) is 0. The Morgan fingerprint density at radius 1 is 1.11 bits per heavy atom. The van der Waals surface area contributed by atoms with Crippen LogP contribution in [0.25, 0.3) is 0 Å². The number of carbonyl (C=O) groups excluding carboxylic acids is 2. The van der Waals surface area contributed by atoms with Crippen LogP contribution in [0.5, 0.6) is 0 Å². The molecule has 0 aromatic heterocycles. The number of rotatable bonds is 1. The van der Waals surface area contributed by atoms with Crippen molar-refractivity contribution in [1.82, 2.24) is 0 Å². The molecule has 0 radical (unpaired) electrons. The average molecular weight is 308 g/mol. The van der Waals surface area contributed by atoms with Crippen molar-refractivity contribution >= 4 is 33.4 Å². The van der Waals surface area contributed by atoms with E-state index in [9.17, 15) is 9.59 Å². The summed E-state index contributed by atoms with van der Waals surface area (Å²) in [6, 6.07) is 5.70. The van der Waals surface area contributed by atoms with Gasteiger partial charge in [-0.25, -0.2) is 0 Å². The minimum atomic E-state index is -0.0220. The summed E-state index contributed by atoms with van der Waals surface area (Å²) in [6.45, 7) is 1.96. The normalized spacial score (nSPS) is 26.9. The van der Waals surface area contributed by atoms with E-state index in [4.69, 9.17) is 0 Å². The third-order valence-electron chi connectivity index (χ3n) is 3.86. The molecule has 0 N–H and O–H groups in total. The fourth-order valence-electron chi connectivity index (χ4n) is 3.00. The Kier molecular flexibility index (Phi) is 2.77. The quantitative estimate of drug-likeness (QED) is 0.748. The van der Waals surface area contributed by atoms with E-state index in [2.05, 4.69) is 15.9 Å². The molecule has 2 atom stereocenters. The number of halogens is 1. The number of hydrogen-bond donors (Lipinski definition) is 0. The number of fused-ring (bicyclic) bond motifs is 2. The lowest BCUT2D eigenvalue weighted by Crippen LogP contribution is -2.46. The van der Waals surface area contributed by atoms with Gasteiger partial charge in [0.1, 0.15) is 0 Å². The van der Waals surface area contributed by atoms with E-state index in [1.54, 1.807) is 0 Å². The first-order valence-electron chi connectivity index (χ1n) is 6.21. The van der Waals surface area contributed by atoms with E-state index in [0.29, 0.717) is 5.69 Å². The molecule has 1 saturated carbocycles. The lowest BCUT2D eigenvalue weighted by Gasteiger charge is -2.30. The molecule has 1 aromatic rings. The number of carbonyl (C=O) groups is 2. The van der Waals surface area contributed by atoms with Gasteiger partial charge in [-0.15, -0.1) is 0 Å². The summed E-state index contributed by atoms with van der Waals surface area (Å²) < 4.78 is 0.899. The fourth-order valence-corrected chi connectivity index (χ4v) is 3.60. The van der Waals surface area contributed by atoms with Crippen LogP contribution in [0.1, 0.15) is 24.8 Å². The largest absolute Gasteiger partial charge is 0.274 e. The first-order chi connectivity index (χ1) is 8.56. The van der Waals surface area contributed by atoms with Gasteiger partial charge in [-0.3, -0.25) is 14.5 Å². The molecular weight excluding hydrogens is 294 g/mol. The second-order valence-electron chi connectivity index (χ2n) is 5.21. The summed E-state index contributed by atoms with van der Waals surface area (Å²) in [5.41, 5.74) is 1.74. The maximum atomic E-state index is 12.3. The first-order valence-corrected chi connectivity index (χ1v) is 7.00. The molecule has 3 rings (SSSR count). The highest BCUT2D eigenvalue weighted by molar-refractivity contribution is 9.10. The van der Waals surface area contributed by atoms with Crippen LogP contribution >= 0.6 is 15.9 Å². The number of anilines is 1. The van der Waals surface area contributed by atoms with Gasteiger partial charge in [-0.05, 0) is 49.9 Å². The molecule has 2 amide bonds. The highest BCUT2D eigenvalue weighted by Crippen LogP contribution is 2.40. The topological polar surface area (TPSA) is 37.4 Å². The summed E-state index contributed by atoms with van der Waals surface area (Å²) in [6.07, 6.45) is 2.47. The molecule has 1 aliphatic carbocycles. The van der Waals surface area contributed by atoms with Gasteiger partial charge < -0.3 is 0 Å². The number of imide groups is 1. The molecule has 2 bridgehead atoms. The number of amides is 2. The Bertz CT molecular complexity index is 498. The van der Waals surface area contributed by atoms with E-state index in [-0.39, 0.29) is 23.7 Å². The predicted octanol–water partition coefficient (Wildman–Crippen LogP) is 3.05. The Morgan fingerprint density at radius 3 is 2.28 bits per heavy atom. The highest BCUT2D eigenvalue weighted by atomic mass is 79.9. The maximum absolute atomic E-state index is 12.3. The number of hydrogen-bond acceptors (Lipinski definition) is 2. The summed E-state index contributed by atoms with van der Waals surface area (Å²) in [4.78, 5) is 26.0. The van der Waals surface area contributed by atoms with Crippen molar-refractivity contribution < 1.29 is 9.59 Å². The van der Waals surface area contributed by atoms with Crippen LogP contribution in [0, 0.1) is 18.8 Å². The molecule has 94 valence electrons. The van der Waals surface area contributed by atoms with Gasteiger partial charge in [0.25, 0.3) is 0 Å². The van der Waals surface area contributed by atoms with Gasteiger partial charge in [-0.1, -0.05) is 15.9 Å². The van der Waals surface area contributed by atoms with E-state index in [0.717, 1.165) is 29.3 Å². The van der Waals surface area contributed by atoms with E-state index in [1.807, 2.05) is 25.1 Å². The maximum Gasteiger partial charge on any atom is 0.236 e. The minimum absolute atomic E-state index is 0.0220. The van der Waals surface area contributed by atoms with Crippen molar-refractivity contribution in [3.8, 4) is 0 Å². The van der Waals surface area contributed by atoms with Crippen LogP contribution in [-0.2, 0) is 9.59 Å². The SMILES string of the molecule is Cc1cc(Br)cc(N2C(=O)C3CCC(C3)C2=O)c1. The zero-order valence-electron chi connectivity index (χ0n) is 10.1. The smallest absolute Gasteiger partial charge is 0.236 e. The van der Waals surface area contributed by atoms with Crippen molar-refractivity contribution in [2.75, 3.05) is 4.90 Å². The molecule has 4 heteroatoms. The number of nitrogens with zero attached hydrogens (tertiary/aromatic N) is 1. The van der Waals surface area contributed by atoms with Crippen LogP contribution in [0.4, 0.5) is 5.69 Å². The first kappa shape index (κ1) is 11.9. The molecule has 1 saturated heterocycles. The number of benzene rings is 1. The van der Waals surface area contributed by atoms with Crippen LogP contribution in [0.2, 0.25) is 0 Å². The van der Waals surface area contributed by atoms with Gasteiger partial charge in [0.2, 0.25) is 11.8 Å². The molecule has 0 spiro atoms. The molecule has 3 nitrogen and oxygen atoms in total. The van der Waals surface area contributed by atoms with Gasteiger partial charge in [0, 0.05) is 16.3 Å². The van der Waals surface area contributed by atoms with Crippen LogP contribution in [0.15, 0.2) is 22.7 Å².